The molecule has 1 atom stereocenters. The van der Waals surface area contributed by atoms with Gasteiger partial charge in [-0.1, -0.05) is 24.3 Å². The normalized spacial score (nSPS) is 15.4. The lowest BCUT2D eigenvalue weighted by atomic mass is 9.99. The van der Waals surface area contributed by atoms with Crippen LogP contribution in [0.1, 0.15) is 41.3 Å². The van der Waals surface area contributed by atoms with Crippen LogP contribution in [0.15, 0.2) is 66.9 Å². The molecule has 0 bridgehead atoms. The molecule has 0 fully saturated rings. The van der Waals surface area contributed by atoms with Gasteiger partial charge in [-0.05, 0) is 47.5 Å². The standard InChI is InChI=1S/C26H26F3N3O3/c1-35-21-8-3-6-19(16-21)25-22-9-4-12-31(22)13-14-32(25)24(34)11-10-23(33)30-17-18-5-2-7-20(15-18)26(27,28)29/h2-9,12,15-16,25H,10-11,13-14,17H2,1H3,(H,30,33)/t25-/m1/s1. The number of methoxy groups -OCH3 is 1. The predicted octanol–water partition coefficient (Wildman–Crippen LogP) is 4.54. The van der Waals surface area contributed by atoms with Crippen LogP contribution >= 0.6 is 0 Å². The first-order valence-electron chi connectivity index (χ1n) is 11.3. The molecule has 2 aromatic carbocycles. The number of ether oxygens (including phenoxy) is 1. The van der Waals surface area contributed by atoms with Crippen molar-refractivity contribution in [2.24, 2.45) is 0 Å². The number of fused-ring (bicyclic) bond motifs is 1. The highest BCUT2D eigenvalue weighted by molar-refractivity contribution is 5.84. The Balaban J connectivity index is 1.40. The Labute approximate surface area is 201 Å². The summed E-state index contributed by atoms with van der Waals surface area (Å²) in [6.07, 6.45) is -2.53. The van der Waals surface area contributed by atoms with E-state index in [0.29, 0.717) is 24.4 Å². The van der Waals surface area contributed by atoms with Crippen LogP contribution in [0.3, 0.4) is 0 Å². The lowest BCUT2D eigenvalue weighted by Crippen LogP contribution is -2.42. The number of carbonyl (C=O) groups excluding carboxylic acids is 2. The molecule has 3 aromatic rings. The summed E-state index contributed by atoms with van der Waals surface area (Å²) in [6.45, 7) is 1.10. The van der Waals surface area contributed by atoms with Crippen molar-refractivity contribution < 1.29 is 27.5 Å². The third kappa shape index (κ3) is 5.67. The van der Waals surface area contributed by atoms with Crippen LogP contribution in [0, 0.1) is 0 Å². The second-order valence-electron chi connectivity index (χ2n) is 8.37. The van der Waals surface area contributed by atoms with E-state index in [1.54, 1.807) is 12.0 Å². The summed E-state index contributed by atoms with van der Waals surface area (Å²) in [7, 11) is 1.59. The van der Waals surface area contributed by atoms with Crippen molar-refractivity contribution in [2.75, 3.05) is 13.7 Å². The van der Waals surface area contributed by atoms with Gasteiger partial charge in [-0.3, -0.25) is 9.59 Å². The maximum absolute atomic E-state index is 13.2. The molecule has 1 aromatic heterocycles. The maximum atomic E-state index is 13.2. The minimum absolute atomic E-state index is 0.00436. The summed E-state index contributed by atoms with van der Waals surface area (Å²) < 4.78 is 46.1. The third-order valence-electron chi connectivity index (χ3n) is 6.08. The zero-order valence-corrected chi connectivity index (χ0v) is 19.2. The van der Waals surface area contributed by atoms with Crippen LogP contribution in [-0.2, 0) is 28.9 Å². The molecule has 0 unspecified atom stereocenters. The molecule has 0 radical (unpaired) electrons. The number of benzene rings is 2. The summed E-state index contributed by atoms with van der Waals surface area (Å²) >= 11 is 0. The average molecular weight is 486 g/mol. The van der Waals surface area contributed by atoms with Crippen LogP contribution < -0.4 is 10.1 Å². The number of carbonyl (C=O) groups is 2. The largest absolute Gasteiger partial charge is 0.497 e. The van der Waals surface area contributed by atoms with Gasteiger partial charge in [-0.25, -0.2) is 0 Å². The molecule has 1 aliphatic heterocycles. The van der Waals surface area contributed by atoms with Crippen molar-refractivity contribution in [3.8, 4) is 5.75 Å². The summed E-state index contributed by atoms with van der Waals surface area (Å²) in [5, 5.41) is 2.61. The molecule has 4 rings (SSSR count). The van der Waals surface area contributed by atoms with Crippen molar-refractivity contribution in [1.29, 1.82) is 0 Å². The number of halogens is 3. The summed E-state index contributed by atoms with van der Waals surface area (Å²) in [5.74, 6) is 0.126. The fraction of sp³-hybridized carbons (Fsp3) is 0.308. The van der Waals surface area contributed by atoms with E-state index < -0.39 is 17.6 Å². The Morgan fingerprint density at radius 1 is 1.03 bits per heavy atom. The van der Waals surface area contributed by atoms with Gasteiger partial charge in [-0.2, -0.15) is 13.2 Å². The zero-order chi connectivity index (χ0) is 25.0. The van der Waals surface area contributed by atoms with Gasteiger partial charge in [0.05, 0.1) is 18.7 Å². The van der Waals surface area contributed by atoms with E-state index in [4.69, 9.17) is 4.74 Å². The molecule has 6 nitrogen and oxygen atoms in total. The lowest BCUT2D eigenvalue weighted by Gasteiger charge is -2.37. The fourth-order valence-electron chi connectivity index (χ4n) is 4.33. The highest BCUT2D eigenvalue weighted by Crippen LogP contribution is 2.34. The molecule has 0 saturated carbocycles. The second kappa shape index (κ2) is 10.2. The molecule has 0 saturated heterocycles. The Bertz CT molecular complexity index is 1210. The van der Waals surface area contributed by atoms with E-state index in [2.05, 4.69) is 9.88 Å². The number of hydrogen-bond acceptors (Lipinski definition) is 3. The minimum atomic E-state index is -4.44. The Kier molecular flexibility index (Phi) is 7.14. The molecule has 0 aliphatic carbocycles. The van der Waals surface area contributed by atoms with Crippen LogP contribution in [0.2, 0.25) is 0 Å². The zero-order valence-electron chi connectivity index (χ0n) is 19.2. The van der Waals surface area contributed by atoms with Crippen molar-refractivity contribution in [2.45, 2.75) is 38.1 Å². The number of hydrogen-bond donors (Lipinski definition) is 1. The first-order chi connectivity index (χ1) is 16.8. The number of aromatic nitrogens is 1. The first kappa shape index (κ1) is 24.4. The summed E-state index contributed by atoms with van der Waals surface area (Å²) in [5.41, 5.74) is 1.46. The van der Waals surface area contributed by atoms with E-state index in [0.717, 1.165) is 23.4 Å². The molecule has 1 N–H and O–H groups in total. The second-order valence-corrected chi connectivity index (χ2v) is 8.37. The molecule has 2 heterocycles. The van der Waals surface area contributed by atoms with Gasteiger partial charge < -0.3 is 19.5 Å². The highest BCUT2D eigenvalue weighted by atomic mass is 19.4. The average Bonchev–Trinajstić information content (AvgIpc) is 3.34. The van der Waals surface area contributed by atoms with E-state index in [-0.39, 0.29) is 31.3 Å². The monoisotopic (exact) mass is 485 g/mol. The Morgan fingerprint density at radius 3 is 2.60 bits per heavy atom. The predicted molar refractivity (Wildman–Crippen MR) is 124 cm³/mol. The molecule has 1 aliphatic rings. The van der Waals surface area contributed by atoms with Crippen LogP contribution in [0.25, 0.3) is 0 Å². The SMILES string of the molecule is COc1cccc([C@@H]2c3cccn3CCN2C(=O)CCC(=O)NCc2cccc(C(F)(F)F)c2)c1. The van der Waals surface area contributed by atoms with E-state index in [1.165, 1.54) is 12.1 Å². The van der Waals surface area contributed by atoms with E-state index in [9.17, 15) is 22.8 Å². The minimum Gasteiger partial charge on any atom is -0.497 e. The molecule has 2 amide bonds. The maximum Gasteiger partial charge on any atom is 0.416 e. The molecular formula is C26H26F3N3O3. The van der Waals surface area contributed by atoms with Gasteiger partial charge in [-0.15, -0.1) is 0 Å². The number of amides is 2. The molecule has 9 heteroatoms. The smallest absolute Gasteiger partial charge is 0.416 e. The van der Waals surface area contributed by atoms with Gasteiger partial charge >= 0.3 is 6.18 Å². The molecular weight excluding hydrogens is 459 g/mol. The number of alkyl halides is 3. The lowest BCUT2D eigenvalue weighted by molar-refractivity contribution is -0.137. The van der Waals surface area contributed by atoms with Crippen molar-refractivity contribution in [3.63, 3.8) is 0 Å². The van der Waals surface area contributed by atoms with Gasteiger partial charge in [0.15, 0.2) is 0 Å². The van der Waals surface area contributed by atoms with Gasteiger partial charge in [0.1, 0.15) is 5.75 Å². The fourth-order valence-corrected chi connectivity index (χ4v) is 4.33. The van der Waals surface area contributed by atoms with Crippen molar-refractivity contribution in [1.82, 2.24) is 14.8 Å². The van der Waals surface area contributed by atoms with Crippen molar-refractivity contribution >= 4 is 11.8 Å². The molecule has 0 spiro atoms. The molecule has 184 valence electrons. The quantitative estimate of drug-likeness (QED) is 0.534. The van der Waals surface area contributed by atoms with E-state index in [1.807, 2.05) is 42.6 Å². The van der Waals surface area contributed by atoms with Crippen LogP contribution in [0.5, 0.6) is 5.75 Å². The topological polar surface area (TPSA) is 63.6 Å². The number of nitrogens with one attached hydrogen (secondary N) is 1. The van der Waals surface area contributed by atoms with E-state index >= 15 is 0 Å². The van der Waals surface area contributed by atoms with Crippen LogP contribution in [-0.4, -0.2) is 34.9 Å². The summed E-state index contributed by atoms with van der Waals surface area (Å²) in [4.78, 5) is 27.3. The number of rotatable bonds is 7. The van der Waals surface area contributed by atoms with Gasteiger partial charge in [0, 0.05) is 44.4 Å². The number of nitrogens with zero attached hydrogens (tertiary/aromatic N) is 2. The Hall–Kier alpha value is -3.75. The summed E-state index contributed by atoms with van der Waals surface area (Å²) in [6, 6.07) is 16.0. The Morgan fingerprint density at radius 2 is 1.83 bits per heavy atom. The van der Waals surface area contributed by atoms with Crippen molar-refractivity contribution in [3.05, 3.63) is 89.2 Å². The molecule has 35 heavy (non-hydrogen) atoms. The first-order valence-corrected chi connectivity index (χ1v) is 11.3. The van der Waals surface area contributed by atoms with Gasteiger partial charge in [0.25, 0.3) is 0 Å². The van der Waals surface area contributed by atoms with Gasteiger partial charge in [0.2, 0.25) is 11.8 Å². The van der Waals surface area contributed by atoms with Crippen LogP contribution in [0.4, 0.5) is 13.2 Å². The highest BCUT2D eigenvalue weighted by Gasteiger charge is 2.32. The third-order valence-corrected chi connectivity index (χ3v) is 6.08.